The van der Waals surface area contributed by atoms with Crippen molar-refractivity contribution in [3.05, 3.63) is 124 Å². The topological polar surface area (TPSA) is 50.2 Å². The van der Waals surface area contributed by atoms with Crippen LogP contribution in [0.1, 0.15) is 23.1 Å². The molecule has 0 fully saturated rings. The van der Waals surface area contributed by atoms with Gasteiger partial charge in [0.1, 0.15) is 0 Å². The lowest BCUT2D eigenvalue weighted by molar-refractivity contribution is 0.759. The summed E-state index contributed by atoms with van der Waals surface area (Å²) in [5, 5.41) is 5.70. The molecule has 0 saturated heterocycles. The van der Waals surface area contributed by atoms with E-state index in [1.165, 1.54) is 0 Å². The largest absolute Gasteiger partial charge is 0.357 e. The molecule has 164 valence electrons. The minimum absolute atomic E-state index is 0.466. The van der Waals surface area contributed by atoms with Crippen molar-refractivity contribution in [1.82, 2.24) is 9.97 Å². The summed E-state index contributed by atoms with van der Waals surface area (Å²) in [6, 6.07) is 31.6. The fourth-order valence-electron chi connectivity index (χ4n) is 4.22. The zero-order valence-electron chi connectivity index (χ0n) is 17.9. The summed E-state index contributed by atoms with van der Waals surface area (Å²) in [6.45, 7) is 0. The zero-order chi connectivity index (χ0) is 23.1. The molecule has 0 saturated carbocycles. The van der Waals surface area contributed by atoms with Crippen molar-refractivity contribution in [2.45, 2.75) is 6.17 Å². The first-order valence-electron chi connectivity index (χ1n) is 10.9. The molecule has 1 N–H and O–H groups in total. The summed E-state index contributed by atoms with van der Waals surface area (Å²) in [4.78, 5) is 14.9. The summed E-state index contributed by atoms with van der Waals surface area (Å²) in [7, 11) is 0. The molecule has 1 atom stereocenters. The van der Waals surface area contributed by atoms with Gasteiger partial charge in [0.2, 0.25) is 0 Å². The molecule has 34 heavy (non-hydrogen) atoms. The molecule has 4 nitrogen and oxygen atoms in total. The van der Waals surface area contributed by atoms with E-state index in [-0.39, 0.29) is 0 Å². The van der Waals surface area contributed by atoms with Crippen LogP contribution in [-0.2, 0) is 0 Å². The van der Waals surface area contributed by atoms with Gasteiger partial charge in [-0.1, -0.05) is 83.9 Å². The SMILES string of the molecule is Clc1ccc2c(c1)C(c1ccccc1)=NC(c1nc(-c3ccccc3)c3cc(Cl)ccc3n1)N2. The molecule has 1 aromatic heterocycles. The van der Waals surface area contributed by atoms with Gasteiger partial charge in [-0.05, 0) is 36.4 Å². The van der Waals surface area contributed by atoms with Crippen LogP contribution in [0.15, 0.2) is 102 Å². The predicted molar refractivity (Wildman–Crippen MR) is 140 cm³/mol. The van der Waals surface area contributed by atoms with Gasteiger partial charge in [-0.3, -0.25) is 4.99 Å². The molecule has 4 aromatic carbocycles. The van der Waals surface area contributed by atoms with Crippen molar-refractivity contribution in [1.29, 1.82) is 0 Å². The van der Waals surface area contributed by atoms with E-state index in [1.54, 1.807) is 0 Å². The van der Waals surface area contributed by atoms with Gasteiger partial charge in [-0.2, -0.15) is 0 Å². The minimum Gasteiger partial charge on any atom is -0.357 e. The molecule has 6 rings (SSSR count). The third kappa shape index (κ3) is 3.81. The number of hydrogen-bond donors (Lipinski definition) is 1. The molecule has 1 unspecified atom stereocenters. The van der Waals surface area contributed by atoms with Crippen molar-refractivity contribution in [3.63, 3.8) is 0 Å². The fraction of sp³-hybridized carbons (Fsp3) is 0.0357. The Morgan fingerprint density at radius 1 is 0.676 bits per heavy atom. The van der Waals surface area contributed by atoms with E-state index in [1.807, 2.05) is 97.1 Å². The number of anilines is 1. The van der Waals surface area contributed by atoms with Gasteiger partial charge in [0.15, 0.2) is 12.0 Å². The Morgan fingerprint density at radius 3 is 2.12 bits per heavy atom. The fourth-order valence-corrected chi connectivity index (χ4v) is 4.57. The van der Waals surface area contributed by atoms with Gasteiger partial charge in [-0.25, -0.2) is 9.97 Å². The maximum absolute atomic E-state index is 6.33. The quantitative estimate of drug-likeness (QED) is 0.289. The molecule has 2 heterocycles. The van der Waals surface area contributed by atoms with Crippen LogP contribution in [0.2, 0.25) is 10.0 Å². The molecule has 5 aromatic rings. The highest BCUT2D eigenvalue weighted by atomic mass is 35.5. The molecule has 0 amide bonds. The smallest absolute Gasteiger partial charge is 0.180 e. The number of aliphatic imine (C=N–C) groups is 1. The Labute approximate surface area is 206 Å². The van der Waals surface area contributed by atoms with Crippen LogP contribution in [0.5, 0.6) is 0 Å². The van der Waals surface area contributed by atoms with Gasteiger partial charge in [0.25, 0.3) is 0 Å². The van der Waals surface area contributed by atoms with Crippen molar-refractivity contribution in [2.75, 3.05) is 5.32 Å². The van der Waals surface area contributed by atoms with Crippen LogP contribution >= 0.6 is 23.2 Å². The number of aromatic nitrogens is 2. The molecule has 6 heteroatoms. The van der Waals surface area contributed by atoms with Crippen molar-refractivity contribution in [3.8, 4) is 11.3 Å². The predicted octanol–water partition coefficient (Wildman–Crippen LogP) is 7.57. The lowest BCUT2D eigenvalue weighted by Gasteiger charge is -2.26. The lowest BCUT2D eigenvalue weighted by atomic mass is 9.98. The molecular formula is C28H18Cl2N4. The zero-order valence-corrected chi connectivity index (χ0v) is 19.4. The number of halogens is 2. The molecule has 0 aliphatic carbocycles. The van der Waals surface area contributed by atoms with E-state index >= 15 is 0 Å². The molecule has 1 aliphatic heterocycles. The van der Waals surface area contributed by atoms with Crippen molar-refractivity contribution < 1.29 is 0 Å². The molecule has 0 bridgehead atoms. The first-order valence-corrected chi connectivity index (χ1v) is 11.6. The monoisotopic (exact) mass is 480 g/mol. The second-order valence-corrected chi connectivity index (χ2v) is 8.91. The molecular weight excluding hydrogens is 463 g/mol. The molecule has 0 radical (unpaired) electrons. The van der Waals surface area contributed by atoms with Crippen LogP contribution in [0, 0.1) is 0 Å². The number of rotatable bonds is 3. The van der Waals surface area contributed by atoms with E-state index < -0.39 is 6.17 Å². The molecule has 1 aliphatic rings. The van der Waals surface area contributed by atoms with E-state index in [4.69, 9.17) is 38.2 Å². The third-order valence-electron chi connectivity index (χ3n) is 5.80. The summed E-state index contributed by atoms with van der Waals surface area (Å²) in [5.41, 5.74) is 6.37. The van der Waals surface area contributed by atoms with Crippen molar-refractivity contribution >= 4 is 45.5 Å². The van der Waals surface area contributed by atoms with Crippen LogP contribution in [0.3, 0.4) is 0 Å². The van der Waals surface area contributed by atoms with Crippen LogP contribution < -0.4 is 5.32 Å². The second kappa shape index (κ2) is 8.56. The Morgan fingerprint density at radius 2 is 1.35 bits per heavy atom. The minimum atomic E-state index is -0.466. The standard InChI is InChI=1S/C28H18Cl2N4/c29-19-11-13-23-21(15-19)25(17-7-3-1-4-8-17)33-27(31-23)28-32-24-14-12-20(30)16-22(24)26(34-28)18-9-5-2-6-10-18/h1-16,27,31H. The van der Waals surface area contributed by atoms with Crippen LogP contribution in [0.25, 0.3) is 22.2 Å². The van der Waals surface area contributed by atoms with Gasteiger partial charge in [0, 0.05) is 37.8 Å². The molecule has 0 spiro atoms. The van der Waals surface area contributed by atoms with Gasteiger partial charge in [0.05, 0.1) is 16.9 Å². The normalized spacial score (nSPS) is 14.9. The van der Waals surface area contributed by atoms with Gasteiger partial charge in [-0.15, -0.1) is 0 Å². The Hall–Kier alpha value is -3.73. The highest BCUT2D eigenvalue weighted by molar-refractivity contribution is 6.32. The average Bonchev–Trinajstić information content (AvgIpc) is 2.88. The Kier molecular flexibility index (Phi) is 5.25. The third-order valence-corrected chi connectivity index (χ3v) is 6.27. The summed E-state index contributed by atoms with van der Waals surface area (Å²) >= 11 is 12.7. The van der Waals surface area contributed by atoms with Gasteiger partial charge < -0.3 is 5.32 Å². The highest BCUT2D eigenvalue weighted by Gasteiger charge is 2.26. The number of fused-ring (bicyclic) bond motifs is 2. The Bertz CT molecular complexity index is 1550. The summed E-state index contributed by atoms with van der Waals surface area (Å²) < 4.78 is 0. The number of hydrogen-bond acceptors (Lipinski definition) is 4. The highest BCUT2D eigenvalue weighted by Crippen LogP contribution is 2.35. The van der Waals surface area contributed by atoms with E-state index in [0.717, 1.165) is 44.7 Å². The van der Waals surface area contributed by atoms with E-state index in [9.17, 15) is 0 Å². The maximum atomic E-state index is 6.33. The van der Waals surface area contributed by atoms with Crippen molar-refractivity contribution in [2.24, 2.45) is 4.99 Å². The lowest BCUT2D eigenvalue weighted by Crippen LogP contribution is -2.22. The van der Waals surface area contributed by atoms with Crippen LogP contribution in [-0.4, -0.2) is 15.7 Å². The average molecular weight is 481 g/mol. The first-order chi connectivity index (χ1) is 16.7. The summed E-state index contributed by atoms with van der Waals surface area (Å²) in [5.74, 6) is 0.586. The Balaban J connectivity index is 1.56. The maximum Gasteiger partial charge on any atom is 0.180 e. The number of nitrogens with zero attached hydrogens (tertiary/aromatic N) is 3. The first kappa shape index (κ1) is 20.8. The van der Waals surface area contributed by atoms with Crippen LogP contribution in [0.4, 0.5) is 5.69 Å². The summed E-state index contributed by atoms with van der Waals surface area (Å²) in [6.07, 6.45) is -0.466. The van der Waals surface area contributed by atoms with E-state index in [2.05, 4.69) is 5.32 Å². The van der Waals surface area contributed by atoms with Gasteiger partial charge >= 0.3 is 0 Å². The second-order valence-electron chi connectivity index (χ2n) is 8.04. The van der Waals surface area contributed by atoms with E-state index in [0.29, 0.717) is 15.9 Å². The number of benzene rings is 4. The number of nitrogens with one attached hydrogen (secondary N) is 1.